The van der Waals surface area contributed by atoms with Crippen molar-refractivity contribution < 1.29 is 13.2 Å². The number of nitrogens with one attached hydrogen (secondary N) is 1. The van der Waals surface area contributed by atoms with Crippen molar-refractivity contribution >= 4 is 15.9 Å². The lowest BCUT2D eigenvalue weighted by Crippen LogP contribution is -2.46. The van der Waals surface area contributed by atoms with Gasteiger partial charge in [-0.25, -0.2) is 8.42 Å². The molecule has 1 aromatic heterocycles. The Morgan fingerprint density at radius 1 is 1.50 bits per heavy atom. The van der Waals surface area contributed by atoms with Crippen molar-refractivity contribution in [2.24, 2.45) is 12.8 Å². The number of aromatic nitrogens is 1. The number of nitrogens with two attached hydrogens (primary N) is 1. The molecule has 1 saturated heterocycles. The van der Waals surface area contributed by atoms with Crippen molar-refractivity contribution in [1.82, 2.24) is 14.2 Å². The number of amides is 1. The summed E-state index contributed by atoms with van der Waals surface area (Å²) in [6, 6.07) is 1.50. The lowest BCUT2D eigenvalue weighted by Gasteiger charge is -2.31. The number of hydrogen-bond donors (Lipinski definition) is 2. The van der Waals surface area contributed by atoms with Gasteiger partial charge in [-0.3, -0.25) is 4.79 Å². The number of nitrogens with zero attached hydrogens (tertiary/aromatic N) is 2. The number of carbonyl (C=O) groups is 1. The maximum Gasteiger partial charge on any atom is 0.265 e. The fourth-order valence-corrected chi connectivity index (χ4v) is 4.06. The number of primary amides is 1. The minimum Gasteiger partial charge on any atom is -0.364 e. The predicted molar refractivity (Wildman–Crippen MR) is 74.8 cm³/mol. The van der Waals surface area contributed by atoms with Crippen LogP contribution in [0.25, 0.3) is 0 Å². The molecule has 0 unspecified atom stereocenters. The largest absolute Gasteiger partial charge is 0.364 e. The summed E-state index contributed by atoms with van der Waals surface area (Å²) in [5, 5.41) is 3.11. The zero-order chi connectivity index (χ0) is 14.9. The van der Waals surface area contributed by atoms with E-state index in [1.54, 1.807) is 7.05 Å². The van der Waals surface area contributed by atoms with Gasteiger partial charge in [-0.1, -0.05) is 0 Å². The van der Waals surface area contributed by atoms with E-state index in [0.717, 1.165) is 12.8 Å². The van der Waals surface area contributed by atoms with Gasteiger partial charge in [-0.15, -0.1) is 0 Å². The average Bonchev–Trinajstić information content (AvgIpc) is 2.82. The van der Waals surface area contributed by atoms with Gasteiger partial charge < -0.3 is 15.6 Å². The molecule has 0 aliphatic carbocycles. The number of likely N-dealkylation sites (N-methyl/N-ethyl adjacent to an activating group) is 1. The summed E-state index contributed by atoms with van der Waals surface area (Å²) in [4.78, 5) is 11.3. The highest BCUT2D eigenvalue weighted by atomic mass is 32.2. The number of hydrogen-bond acceptors (Lipinski definition) is 4. The number of aryl methyl sites for hydroxylation is 1. The zero-order valence-electron chi connectivity index (χ0n) is 11.7. The van der Waals surface area contributed by atoms with Crippen LogP contribution in [0, 0.1) is 0 Å². The Balaban J connectivity index is 2.30. The first-order valence-electron chi connectivity index (χ1n) is 6.50. The lowest BCUT2D eigenvalue weighted by molar-refractivity contribution is 0.0992. The molecule has 2 rings (SSSR count). The normalized spacial score (nSPS) is 21.0. The van der Waals surface area contributed by atoms with Crippen LogP contribution in [0.3, 0.4) is 0 Å². The minimum atomic E-state index is -3.58. The molecule has 0 saturated carbocycles. The Kier molecular flexibility index (Phi) is 4.17. The molecule has 0 radical (unpaired) electrons. The Morgan fingerprint density at radius 3 is 2.75 bits per heavy atom. The third-order valence-electron chi connectivity index (χ3n) is 3.66. The molecule has 1 aliphatic rings. The lowest BCUT2D eigenvalue weighted by atomic mass is 10.1. The van der Waals surface area contributed by atoms with Crippen LogP contribution in [0.15, 0.2) is 17.2 Å². The number of sulfonamides is 1. The molecule has 7 nitrogen and oxygen atoms in total. The topological polar surface area (TPSA) is 97.4 Å². The van der Waals surface area contributed by atoms with Crippen LogP contribution in [0.1, 0.15) is 23.3 Å². The fraction of sp³-hybridized carbons (Fsp3) is 0.583. The predicted octanol–water partition coefficient (Wildman–Crippen LogP) is -0.503. The van der Waals surface area contributed by atoms with E-state index < -0.39 is 15.9 Å². The van der Waals surface area contributed by atoms with Crippen molar-refractivity contribution in [3.8, 4) is 0 Å². The third-order valence-corrected chi connectivity index (χ3v) is 5.49. The Morgan fingerprint density at radius 2 is 2.20 bits per heavy atom. The monoisotopic (exact) mass is 300 g/mol. The maximum atomic E-state index is 12.6. The van der Waals surface area contributed by atoms with Gasteiger partial charge >= 0.3 is 0 Å². The highest BCUT2D eigenvalue weighted by Crippen LogP contribution is 2.22. The van der Waals surface area contributed by atoms with Crippen LogP contribution in [0.2, 0.25) is 0 Å². The van der Waals surface area contributed by atoms with Crippen molar-refractivity contribution in [1.29, 1.82) is 0 Å². The summed E-state index contributed by atoms with van der Waals surface area (Å²) < 4.78 is 28.0. The van der Waals surface area contributed by atoms with E-state index in [9.17, 15) is 13.2 Å². The first-order valence-corrected chi connectivity index (χ1v) is 7.94. The van der Waals surface area contributed by atoms with Crippen molar-refractivity contribution in [3.63, 3.8) is 0 Å². The average molecular weight is 300 g/mol. The Bertz CT molecular complexity index is 608. The zero-order valence-corrected chi connectivity index (χ0v) is 12.5. The standard InChI is InChI=1S/C12H20N4O3S/c1-14-9-4-3-5-16(7-9)20(18,19)10-6-11(12(13)17)15(2)8-10/h6,8-9,14H,3-5,7H2,1-2H3,(H2,13,17)/t9-/m0/s1. The second kappa shape index (κ2) is 5.55. The summed E-state index contributed by atoms with van der Waals surface area (Å²) in [5.74, 6) is -0.638. The molecule has 112 valence electrons. The van der Waals surface area contributed by atoms with Gasteiger partial charge in [0.2, 0.25) is 10.0 Å². The van der Waals surface area contributed by atoms with Crippen LogP contribution >= 0.6 is 0 Å². The number of carbonyl (C=O) groups excluding carboxylic acids is 1. The molecule has 1 aliphatic heterocycles. The maximum absolute atomic E-state index is 12.6. The quantitative estimate of drug-likeness (QED) is 0.783. The van der Waals surface area contributed by atoms with Gasteiger partial charge in [0, 0.05) is 32.4 Å². The van der Waals surface area contributed by atoms with Gasteiger partial charge in [-0.05, 0) is 26.0 Å². The molecular formula is C12H20N4O3S. The first kappa shape index (κ1) is 15.0. The van der Waals surface area contributed by atoms with E-state index in [1.807, 2.05) is 7.05 Å². The highest BCUT2D eigenvalue weighted by Gasteiger charge is 2.31. The van der Waals surface area contributed by atoms with Gasteiger partial charge in [0.1, 0.15) is 10.6 Å². The highest BCUT2D eigenvalue weighted by molar-refractivity contribution is 7.89. The molecule has 3 N–H and O–H groups in total. The van der Waals surface area contributed by atoms with E-state index in [0.29, 0.717) is 13.1 Å². The van der Waals surface area contributed by atoms with E-state index >= 15 is 0 Å². The second-order valence-corrected chi connectivity index (χ2v) is 6.97. The van der Waals surface area contributed by atoms with Gasteiger partial charge in [0.05, 0.1) is 0 Å². The smallest absolute Gasteiger partial charge is 0.265 e. The molecule has 8 heteroatoms. The molecule has 20 heavy (non-hydrogen) atoms. The summed E-state index contributed by atoms with van der Waals surface area (Å²) in [6.07, 6.45) is 3.21. The van der Waals surface area contributed by atoms with Crippen molar-refractivity contribution in [2.45, 2.75) is 23.8 Å². The first-order chi connectivity index (χ1) is 9.36. The molecule has 2 heterocycles. The van der Waals surface area contributed by atoms with Gasteiger partial charge in [0.25, 0.3) is 5.91 Å². The van der Waals surface area contributed by atoms with E-state index in [2.05, 4.69) is 5.32 Å². The van der Waals surface area contributed by atoms with Crippen LogP contribution in [-0.4, -0.2) is 49.4 Å². The SMILES string of the molecule is CN[C@H]1CCCN(S(=O)(=O)c2cc(C(N)=O)n(C)c2)C1. The van der Waals surface area contributed by atoms with Gasteiger partial charge in [-0.2, -0.15) is 4.31 Å². The Hall–Kier alpha value is -1.38. The molecule has 1 atom stereocenters. The number of rotatable bonds is 4. The molecule has 0 aromatic carbocycles. The van der Waals surface area contributed by atoms with E-state index in [4.69, 9.17) is 5.73 Å². The van der Waals surface area contributed by atoms with Crippen molar-refractivity contribution in [3.05, 3.63) is 18.0 Å². The van der Waals surface area contributed by atoms with E-state index in [-0.39, 0.29) is 16.6 Å². The fourth-order valence-electron chi connectivity index (χ4n) is 2.47. The summed E-state index contributed by atoms with van der Waals surface area (Å²) >= 11 is 0. The summed E-state index contributed by atoms with van der Waals surface area (Å²) in [7, 11) is -0.145. The van der Waals surface area contributed by atoms with Crippen LogP contribution in [0.4, 0.5) is 0 Å². The molecule has 0 bridgehead atoms. The van der Waals surface area contributed by atoms with Crippen LogP contribution in [-0.2, 0) is 17.1 Å². The number of piperidine rings is 1. The summed E-state index contributed by atoms with van der Waals surface area (Å²) in [5.41, 5.74) is 5.40. The third kappa shape index (κ3) is 2.72. The van der Waals surface area contributed by atoms with Gasteiger partial charge in [0.15, 0.2) is 0 Å². The van der Waals surface area contributed by atoms with Crippen LogP contribution < -0.4 is 11.1 Å². The second-order valence-electron chi connectivity index (χ2n) is 5.03. The Labute approximate surface area is 118 Å². The van der Waals surface area contributed by atoms with Crippen LogP contribution in [0.5, 0.6) is 0 Å². The molecular weight excluding hydrogens is 280 g/mol. The summed E-state index contributed by atoms with van der Waals surface area (Å²) in [6.45, 7) is 0.945. The van der Waals surface area contributed by atoms with Crippen molar-refractivity contribution in [2.75, 3.05) is 20.1 Å². The molecule has 0 spiro atoms. The molecule has 1 aromatic rings. The molecule has 1 fully saturated rings. The molecule has 1 amide bonds. The minimum absolute atomic E-state index is 0.116. The van der Waals surface area contributed by atoms with E-state index in [1.165, 1.54) is 21.1 Å².